The van der Waals surface area contributed by atoms with E-state index in [0.29, 0.717) is 0 Å². The van der Waals surface area contributed by atoms with Gasteiger partial charge in [-0.2, -0.15) is 0 Å². The van der Waals surface area contributed by atoms with Crippen molar-refractivity contribution in [2.75, 3.05) is 7.11 Å². The van der Waals surface area contributed by atoms with E-state index in [2.05, 4.69) is 72.5 Å². The number of alkyl halides is 1. The van der Waals surface area contributed by atoms with Crippen LogP contribution in [0.2, 0.25) is 0 Å². The second-order valence-corrected chi connectivity index (χ2v) is 7.22. The minimum atomic E-state index is 0.186. The summed E-state index contributed by atoms with van der Waals surface area (Å²) in [4.78, 5) is 0.279. The van der Waals surface area contributed by atoms with Gasteiger partial charge in [-0.1, -0.05) is 52.6 Å². The van der Waals surface area contributed by atoms with E-state index >= 15 is 0 Å². The van der Waals surface area contributed by atoms with Crippen molar-refractivity contribution in [2.45, 2.75) is 45.9 Å². The highest BCUT2D eigenvalue weighted by molar-refractivity contribution is 9.10. The Bertz CT molecular complexity index is 439. The van der Waals surface area contributed by atoms with Crippen molar-refractivity contribution in [2.24, 2.45) is 5.41 Å². The number of ether oxygens (including phenoxy) is 1. The lowest BCUT2D eigenvalue weighted by molar-refractivity contribution is 0.333. The van der Waals surface area contributed by atoms with Crippen LogP contribution in [0.3, 0.4) is 0 Å². The molecule has 1 atom stereocenters. The van der Waals surface area contributed by atoms with Crippen LogP contribution in [0, 0.1) is 19.3 Å². The third-order valence-corrected chi connectivity index (χ3v) is 6.28. The van der Waals surface area contributed by atoms with Crippen molar-refractivity contribution in [1.29, 1.82) is 0 Å². The van der Waals surface area contributed by atoms with Crippen molar-refractivity contribution in [3.05, 3.63) is 27.2 Å². The van der Waals surface area contributed by atoms with Crippen LogP contribution in [0.15, 0.2) is 10.5 Å². The summed E-state index contributed by atoms with van der Waals surface area (Å²) >= 11 is 7.52. The summed E-state index contributed by atoms with van der Waals surface area (Å²) in [6.07, 6.45) is 1.11. The maximum absolute atomic E-state index is 5.62. The largest absolute Gasteiger partial charge is 0.496 e. The predicted molar refractivity (Wildman–Crippen MR) is 85.9 cm³/mol. The summed E-state index contributed by atoms with van der Waals surface area (Å²) in [5, 5.41) is 0. The predicted octanol–water partition coefficient (Wildman–Crippen LogP) is 5.95. The highest BCUT2D eigenvalue weighted by Gasteiger charge is 2.31. The monoisotopic (exact) mass is 376 g/mol. The van der Waals surface area contributed by atoms with E-state index in [0.717, 1.165) is 16.6 Å². The van der Waals surface area contributed by atoms with Gasteiger partial charge >= 0.3 is 0 Å². The van der Waals surface area contributed by atoms with Gasteiger partial charge in [-0.25, -0.2) is 0 Å². The molecule has 0 aromatic heterocycles. The molecule has 0 aliphatic rings. The van der Waals surface area contributed by atoms with E-state index in [-0.39, 0.29) is 10.2 Å². The number of hydrogen-bond donors (Lipinski definition) is 0. The molecule has 0 fully saturated rings. The molecule has 1 aromatic carbocycles. The van der Waals surface area contributed by atoms with E-state index in [4.69, 9.17) is 4.74 Å². The van der Waals surface area contributed by atoms with Gasteiger partial charge in [0.1, 0.15) is 5.75 Å². The van der Waals surface area contributed by atoms with E-state index in [1.54, 1.807) is 7.11 Å². The standard InChI is InChI=1S/C15H22Br2O/c1-7-15(4,5)14(17)12-10(3)11(16)8-9(2)13(12)18-6/h8,14H,7H2,1-6H3. The van der Waals surface area contributed by atoms with Crippen LogP contribution < -0.4 is 4.74 Å². The first-order chi connectivity index (χ1) is 8.26. The highest BCUT2D eigenvalue weighted by Crippen LogP contribution is 2.49. The molecule has 0 spiro atoms. The van der Waals surface area contributed by atoms with Crippen molar-refractivity contribution in [3.8, 4) is 5.75 Å². The van der Waals surface area contributed by atoms with Crippen molar-refractivity contribution >= 4 is 31.9 Å². The minimum Gasteiger partial charge on any atom is -0.496 e. The van der Waals surface area contributed by atoms with Gasteiger partial charge in [0.2, 0.25) is 0 Å². The Morgan fingerprint density at radius 3 is 2.33 bits per heavy atom. The first-order valence-corrected chi connectivity index (χ1v) is 7.94. The normalized spacial score (nSPS) is 13.6. The van der Waals surface area contributed by atoms with E-state index in [1.807, 2.05) is 0 Å². The molecule has 0 heterocycles. The van der Waals surface area contributed by atoms with Crippen LogP contribution in [0.4, 0.5) is 0 Å². The molecule has 3 heteroatoms. The Balaban J connectivity index is 3.47. The molecule has 1 nitrogen and oxygen atoms in total. The van der Waals surface area contributed by atoms with Crippen LogP contribution >= 0.6 is 31.9 Å². The molecule has 18 heavy (non-hydrogen) atoms. The summed E-state index contributed by atoms with van der Waals surface area (Å²) in [5.41, 5.74) is 3.86. The van der Waals surface area contributed by atoms with Gasteiger partial charge in [-0.05, 0) is 42.9 Å². The number of hydrogen-bond acceptors (Lipinski definition) is 1. The van der Waals surface area contributed by atoms with Crippen LogP contribution in [0.5, 0.6) is 5.75 Å². The molecular weight excluding hydrogens is 356 g/mol. The zero-order valence-electron chi connectivity index (χ0n) is 12.0. The molecule has 0 N–H and O–H groups in total. The second kappa shape index (κ2) is 5.96. The van der Waals surface area contributed by atoms with Crippen LogP contribution in [-0.2, 0) is 0 Å². The summed E-state index contributed by atoms with van der Waals surface area (Å²) in [7, 11) is 1.75. The molecule has 0 saturated heterocycles. The lowest BCUT2D eigenvalue weighted by Crippen LogP contribution is -2.18. The first-order valence-electron chi connectivity index (χ1n) is 6.23. The van der Waals surface area contributed by atoms with Gasteiger partial charge in [0.05, 0.1) is 7.11 Å². The van der Waals surface area contributed by atoms with Gasteiger partial charge in [-0.15, -0.1) is 0 Å². The summed E-state index contributed by atoms with van der Waals surface area (Å²) in [6, 6.07) is 2.12. The zero-order valence-corrected chi connectivity index (χ0v) is 15.2. The van der Waals surface area contributed by atoms with E-state index < -0.39 is 0 Å². The molecule has 0 aliphatic heterocycles. The average molecular weight is 378 g/mol. The summed E-state index contributed by atoms with van der Waals surface area (Å²) in [6.45, 7) is 11.0. The molecule has 0 amide bonds. The Kier molecular flexibility index (Phi) is 5.31. The second-order valence-electron chi connectivity index (χ2n) is 5.45. The van der Waals surface area contributed by atoms with Gasteiger partial charge in [0.25, 0.3) is 0 Å². The molecule has 0 radical (unpaired) electrons. The zero-order chi connectivity index (χ0) is 14.1. The third-order valence-electron chi connectivity index (χ3n) is 3.76. The molecule has 0 bridgehead atoms. The molecule has 1 rings (SSSR count). The maximum Gasteiger partial charge on any atom is 0.126 e. The Morgan fingerprint density at radius 1 is 1.33 bits per heavy atom. The van der Waals surface area contributed by atoms with Gasteiger partial charge < -0.3 is 4.74 Å². The summed E-state index contributed by atoms with van der Waals surface area (Å²) in [5.74, 6) is 0.999. The number of halogens is 2. The fourth-order valence-electron chi connectivity index (χ4n) is 2.02. The molecule has 0 aliphatic carbocycles. The lowest BCUT2D eigenvalue weighted by atomic mass is 9.81. The number of benzene rings is 1. The maximum atomic E-state index is 5.62. The van der Waals surface area contributed by atoms with Crippen LogP contribution in [0.25, 0.3) is 0 Å². The summed E-state index contributed by atoms with van der Waals surface area (Å²) < 4.78 is 6.77. The van der Waals surface area contributed by atoms with Crippen molar-refractivity contribution < 1.29 is 4.74 Å². The quantitative estimate of drug-likeness (QED) is 0.589. The van der Waals surface area contributed by atoms with Crippen LogP contribution in [0.1, 0.15) is 48.7 Å². The lowest BCUT2D eigenvalue weighted by Gasteiger charge is -2.32. The van der Waals surface area contributed by atoms with Gasteiger partial charge in [-0.3, -0.25) is 0 Å². The molecule has 1 unspecified atom stereocenters. The van der Waals surface area contributed by atoms with Crippen LogP contribution in [-0.4, -0.2) is 7.11 Å². The number of aryl methyl sites for hydroxylation is 1. The highest BCUT2D eigenvalue weighted by atomic mass is 79.9. The number of methoxy groups -OCH3 is 1. The average Bonchev–Trinajstić information content (AvgIpc) is 2.32. The van der Waals surface area contributed by atoms with Crippen molar-refractivity contribution in [3.63, 3.8) is 0 Å². The SMILES string of the molecule is CCC(C)(C)C(Br)c1c(C)c(Br)cc(C)c1OC. The fourth-order valence-corrected chi connectivity index (χ4v) is 3.45. The minimum absolute atomic E-state index is 0.186. The Hall–Kier alpha value is -0.0200. The smallest absolute Gasteiger partial charge is 0.126 e. The molecule has 1 aromatic rings. The Morgan fingerprint density at radius 2 is 1.89 bits per heavy atom. The molecule has 102 valence electrons. The number of rotatable bonds is 4. The van der Waals surface area contributed by atoms with Gasteiger partial charge in [0, 0.05) is 14.9 Å². The van der Waals surface area contributed by atoms with Gasteiger partial charge in [0.15, 0.2) is 0 Å². The molecular formula is C15H22Br2O. The molecule has 0 saturated carbocycles. The third kappa shape index (κ3) is 2.93. The Labute approximate surface area is 128 Å². The topological polar surface area (TPSA) is 9.23 Å². The van der Waals surface area contributed by atoms with E-state index in [1.165, 1.54) is 16.7 Å². The fraction of sp³-hybridized carbons (Fsp3) is 0.600. The van der Waals surface area contributed by atoms with Crippen molar-refractivity contribution in [1.82, 2.24) is 0 Å². The first kappa shape index (κ1) is 16.0. The van der Waals surface area contributed by atoms with E-state index in [9.17, 15) is 0 Å².